The minimum absolute atomic E-state index is 0.0161. The highest BCUT2D eigenvalue weighted by atomic mass is 16.5. The van der Waals surface area contributed by atoms with Gasteiger partial charge in [0, 0.05) is 11.8 Å². The number of aromatic carboxylic acids is 1. The zero-order valence-corrected chi connectivity index (χ0v) is 14.1. The second-order valence-electron chi connectivity index (χ2n) is 5.40. The Morgan fingerprint density at radius 1 is 1.21 bits per heavy atom. The first-order chi connectivity index (χ1) is 11.5. The molecule has 1 aromatic carbocycles. The fraction of sp³-hybridized carbons (Fsp3) is 0.278. The molecular formula is C18H20N2O4. The Morgan fingerprint density at radius 3 is 2.54 bits per heavy atom. The SMILES string of the molecule is COc1cccc(C=Cc2ncc(C(=O)O)c(C(C)C)n2)c1OC. The smallest absolute Gasteiger partial charge is 0.339 e. The Balaban J connectivity index is 2.40. The van der Waals surface area contributed by atoms with E-state index >= 15 is 0 Å². The van der Waals surface area contributed by atoms with Crippen LogP contribution in [0.3, 0.4) is 0 Å². The van der Waals surface area contributed by atoms with Gasteiger partial charge in [-0.05, 0) is 24.1 Å². The van der Waals surface area contributed by atoms with Crippen molar-refractivity contribution < 1.29 is 19.4 Å². The van der Waals surface area contributed by atoms with E-state index in [9.17, 15) is 9.90 Å². The lowest BCUT2D eigenvalue weighted by atomic mass is 10.1. The first kappa shape index (κ1) is 17.5. The molecule has 1 N–H and O–H groups in total. The Labute approximate surface area is 140 Å². The number of hydrogen-bond donors (Lipinski definition) is 1. The molecule has 0 aliphatic rings. The van der Waals surface area contributed by atoms with Gasteiger partial charge in [0.15, 0.2) is 17.3 Å². The molecule has 0 saturated carbocycles. The van der Waals surface area contributed by atoms with Gasteiger partial charge in [0.25, 0.3) is 0 Å². The molecule has 0 amide bonds. The topological polar surface area (TPSA) is 81.5 Å². The van der Waals surface area contributed by atoms with Crippen LogP contribution in [0.2, 0.25) is 0 Å². The second kappa shape index (κ2) is 7.59. The Kier molecular flexibility index (Phi) is 5.52. The summed E-state index contributed by atoms with van der Waals surface area (Å²) in [7, 11) is 3.15. The van der Waals surface area contributed by atoms with Crippen LogP contribution in [0.4, 0.5) is 0 Å². The fourth-order valence-electron chi connectivity index (χ4n) is 2.30. The van der Waals surface area contributed by atoms with E-state index in [0.29, 0.717) is 23.0 Å². The van der Waals surface area contributed by atoms with Gasteiger partial charge < -0.3 is 14.6 Å². The van der Waals surface area contributed by atoms with Crippen molar-refractivity contribution in [1.29, 1.82) is 0 Å². The summed E-state index contributed by atoms with van der Waals surface area (Å²) >= 11 is 0. The third-order valence-electron chi connectivity index (χ3n) is 3.46. The molecule has 6 nitrogen and oxygen atoms in total. The number of carboxylic acid groups (broad SMARTS) is 1. The highest BCUT2D eigenvalue weighted by molar-refractivity contribution is 5.88. The molecule has 0 unspecified atom stereocenters. The molecule has 0 fully saturated rings. The summed E-state index contributed by atoms with van der Waals surface area (Å²) in [5.74, 6) is 0.641. The molecule has 6 heteroatoms. The van der Waals surface area contributed by atoms with Gasteiger partial charge in [0.2, 0.25) is 0 Å². The number of aromatic nitrogens is 2. The van der Waals surface area contributed by atoms with Gasteiger partial charge >= 0.3 is 5.97 Å². The van der Waals surface area contributed by atoms with Crippen molar-refractivity contribution in [3.8, 4) is 11.5 Å². The molecule has 0 saturated heterocycles. The van der Waals surface area contributed by atoms with E-state index in [-0.39, 0.29) is 11.5 Å². The summed E-state index contributed by atoms with van der Waals surface area (Å²) in [6, 6.07) is 5.55. The van der Waals surface area contributed by atoms with Crippen molar-refractivity contribution >= 4 is 18.1 Å². The maximum absolute atomic E-state index is 11.2. The second-order valence-corrected chi connectivity index (χ2v) is 5.40. The van der Waals surface area contributed by atoms with Crippen molar-refractivity contribution in [3.63, 3.8) is 0 Å². The number of para-hydroxylation sites is 1. The number of carbonyl (C=O) groups is 1. The highest BCUT2D eigenvalue weighted by Crippen LogP contribution is 2.31. The zero-order chi connectivity index (χ0) is 17.7. The fourth-order valence-corrected chi connectivity index (χ4v) is 2.30. The number of nitrogens with zero attached hydrogens (tertiary/aromatic N) is 2. The number of methoxy groups -OCH3 is 2. The number of rotatable bonds is 6. The van der Waals surface area contributed by atoms with Gasteiger partial charge in [-0.1, -0.05) is 26.0 Å². The predicted octanol–water partition coefficient (Wildman–Crippen LogP) is 3.49. The number of benzene rings is 1. The average Bonchev–Trinajstić information content (AvgIpc) is 2.58. The average molecular weight is 328 g/mol. The normalized spacial score (nSPS) is 11.0. The van der Waals surface area contributed by atoms with E-state index in [1.807, 2.05) is 32.0 Å². The minimum Gasteiger partial charge on any atom is -0.493 e. The molecule has 24 heavy (non-hydrogen) atoms. The summed E-state index contributed by atoms with van der Waals surface area (Å²) in [4.78, 5) is 19.7. The Hall–Kier alpha value is -2.89. The zero-order valence-electron chi connectivity index (χ0n) is 14.1. The molecule has 0 radical (unpaired) electrons. The van der Waals surface area contributed by atoms with Gasteiger partial charge in [0.05, 0.1) is 25.5 Å². The van der Waals surface area contributed by atoms with E-state index < -0.39 is 5.97 Å². The number of carboxylic acids is 1. The molecule has 2 rings (SSSR count). The predicted molar refractivity (Wildman–Crippen MR) is 91.6 cm³/mol. The highest BCUT2D eigenvalue weighted by Gasteiger charge is 2.15. The summed E-state index contributed by atoms with van der Waals surface area (Å²) < 4.78 is 10.6. The first-order valence-electron chi connectivity index (χ1n) is 7.47. The van der Waals surface area contributed by atoms with Crippen LogP contribution in [0.15, 0.2) is 24.4 Å². The molecular weight excluding hydrogens is 308 g/mol. The molecule has 0 aliphatic heterocycles. The largest absolute Gasteiger partial charge is 0.493 e. The van der Waals surface area contributed by atoms with Crippen LogP contribution in [0.1, 0.15) is 47.2 Å². The summed E-state index contributed by atoms with van der Waals surface area (Å²) in [6.45, 7) is 3.79. The monoisotopic (exact) mass is 328 g/mol. The molecule has 2 aromatic rings. The third-order valence-corrected chi connectivity index (χ3v) is 3.46. The molecule has 1 aromatic heterocycles. The third kappa shape index (κ3) is 3.71. The lowest BCUT2D eigenvalue weighted by Gasteiger charge is -2.10. The number of ether oxygens (including phenoxy) is 2. The van der Waals surface area contributed by atoms with Crippen LogP contribution in [0, 0.1) is 0 Å². The van der Waals surface area contributed by atoms with Crippen LogP contribution in [0.25, 0.3) is 12.2 Å². The molecule has 0 bridgehead atoms. The maximum Gasteiger partial charge on any atom is 0.339 e. The van der Waals surface area contributed by atoms with Crippen LogP contribution in [-0.2, 0) is 0 Å². The van der Waals surface area contributed by atoms with Crippen molar-refractivity contribution in [1.82, 2.24) is 9.97 Å². The molecule has 1 heterocycles. The van der Waals surface area contributed by atoms with E-state index in [1.54, 1.807) is 26.4 Å². The minimum atomic E-state index is -1.02. The van der Waals surface area contributed by atoms with Gasteiger partial charge in [0.1, 0.15) is 0 Å². The van der Waals surface area contributed by atoms with Crippen molar-refractivity contribution in [2.45, 2.75) is 19.8 Å². The lowest BCUT2D eigenvalue weighted by molar-refractivity contribution is 0.0694. The standard InChI is InChI=1S/C18H20N2O4/c1-11(2)16-13(18(21)22)10-19-15(20-16)9-8-12-6-5-7-14(23-3)17(12)24-4/h5-11H,1-4H3,(H,21,22). The van der Waals surface area contributed by atoms with Gasteiger partial charge in [-0.3, -0.25) is 0 Å². The van der Waals surface area contributed by atoms with Crippen LogP contribution in [-0.4, -0.2) is 35.3 Å². The van der Waals surface area contributed by atoms with Crippen molar-refractivity contribution in [3.05, 3.63) is 47.0 Å². The van der Waals surface area contributed by atoms with Gasteiger partial charge in [-0.2, -0.15) is 0 Å². The molecule has 0 aliphatic carbocycles. The van der Waals surface area contributed by atoms with E-state index in [1.165, 1.54) is 6.20 Å². The summed E-state index contributed by atoms with van der Waals surface area (Å²) in [5.41, 5.74) is 1.45. The van der Waals surface area contributed by atoms with Gasteiger partial charge in [-0.25, -0.2) is 14.8 Å². The summed E-state index contributed by atoms with van der Waals surface area (Å²) in [6.07, 6.45) is 4.86. The Morgan fingerprint density at radius 2 is 1.96 bits per heavy atom. The van der Waals surface area contributed by atoms with E-state index in [4.69, 9.17) is 9.47 Å². The maximum atomic E-state index is 11.2. The van der Waals surface area contributed by atoms with Crippen LogP contribution >= 0.6 is 0 Å². The Bertz CT molecular complexity index is 770. The number of hydrogen-bond acceptors (Lipinski definition) is 5. The van der Waals surface area contributed by atoms with Crippen LogP contribution in [0.5, 0.6) is 11.5 Å². The van der Waals surface area contributed by atoms with E-state index in [2.05, 4.69) is 9.97 Å². The molecule has 126 valence electrons. The molecule has 0 atom stereocenters. The first-order valence-corrected chi connectivity index (χ1v) is 7.47. The van der Waals surface area contributed by atoms with Crippen molar-refractivity contribution in [2.75, 3.05) is 14.2 Å². The lowest BCUT2D eigenvalue weighted by Crippen LogP contribution is -2.08. The van der Waals surface area contributed by atoms with Crippen molar-refractivity contribution in [2.24, 2.45) is 0 Å². The van der Waals surface area contributed by atoms with Gasteiger partial charge in [-0.15, -0.1) is 0 Å². The summed E-state index contributed by atoms with van der Waals surface area (Å²) in [5, 5.41) is 9.21. The molecule has 0 spiro atoms. The quantitative estimate of drug-likeness (QED) is 0.874. The van der Waals surface area contributed by atoms with Crippen LogP contribution < -0.4 is 9.47 Å². The van der Waals surface area contributed by atoms with E-state index in [0.717, 1.165) is 5.56 Å².